The van der Waals surface area contributed by atoms with Gasteiger partial charge in [0.15, 0.2) is 22.3 Å². The molecular weight excluding hydrogens is 741 g/mol. The van der Waals surface area contributed by atoms with Crippen molar-refractivity contribution in [1.29, 1.82) is 0 Å². The summed E-state index contributed by atoms with van der Waals surface area (Å²) in [5.41, 5.74) is 2.14. The van der Waals surface area contributed by atoms with Crippen LogP contribution in [-0.2, 0) is 13.1 Å². The number of aromatic nitrogens is 10. The largest absolute Gasteiger partial charge is 0.497 e. The van der Waals surface area contributed by atoms with Gasteiger partial charge in [0, 0.05) is 13.1 Å². The van der Waals surface area contributed by atoms with Crippen LogP contribution in [0.2, 0.25) is 0 Å². The highest BCUT2D eigenvalue weighted by molar-refractivity contribution is 5.72. The number of rotatable bonds is 14. The molecule has 4 aromatic heterocycles. The molecule has 0 N–H and O–H groups in total. The van der Waals surface area contributed by atoms with E-state index in [1.165, 1.54) is 9.13 Å². The van der Waals surface area contributed by atoms with Gasteiger partial charge in [0.25, 0.3) is 11.1 Å². The molecule has 16 heteroatoms. The number of para-hydroxylation sites is 2. The first kappa shape index (κ1) is 38.9. The number of nitrogens with zero attached hydrogens (tertiary/aromatic N) is 10. The van der Waals surface area contributed by atoms with Gasteiger partial charge >= 0.3 is 12.0 Å². The molecule has 8 aromatic rings. The second-order valence-corrected chi connectivity index (χ2v) is 13.0. The highest BCUT2D eigenvalue weighted by Crippen LogP contribution is 2.26. The van der Waals surface area contributed by atoms with Gasteiger partial charge in [0.2, 0.25) is 0 Å². The third-order valence-corrected chi connectivity index (χ3v) is 9.06. The lowest BCUT2D eigenvalue weighted by Gasteiger charge is -2.13. The van der Waals surface area contributed by atoms with E-state index in [0.717, 1.165) is 48.6 Å². The van der Waals surface area contributed by atoms with Crippen molar-refractivity contribution in [2.75, 3.05) is 14.2 Å². The number of ether oxygens (including phenoxy) is 4. The van der Waals surface area contributed by atoms with Crippen molar-refractivity contribution in [3.8, 4) is 46.4 Å². The molecule has 0 atom stereocenters. The molecule has 0 spiro atoms. The fourth-order valence-electron chi connectivity index (χ4n) is 5.93. The molecule has 8 rings (SSSR count). The fraction of sp³-hybridized carbons (Fsp3) is 0.238. The van der Waals surface area contributed by atoms with Crippen molar-refractivity contribution in [2.24, 2.45) is 0 Å². The number of fused-ring (bicyclic) bond motifs is 2. The van der Waals surface area contributed by atoms with Gasteiger partial charge in [-0.15, -0.1) is 10.2 Å². The van der Waals surface area contributed by atoms with E-state index in [1.54, 1.807) is 72.1 Å². The third kappa shape index (κ3) is 8.40. The Labute approximate surface area is 332 Å². The van der Waals surface area contributed by atoms with Gasteiger partial charge in [-0.05, 0) is 85.6 Å². The van der Waals surface area contributed by atoms with Crippen molar-refractivity contribution < 1.29 is 18.9 Å². The van der Waals surface area contributed by atoms with Crippen LogP contribution < -0.4 is 30.1 Å². The third-order valence-electron chi connectivity index (χ3n) is 9.06. The van der Waals surface area contributed by atoms with Gasteiger partial charge in [-0.2, -0.15) is 19.3 Å². The zero-order valence-electron chi connectivity index (χ0n) is 32.6. The number of unbranched alkanes of at least 4 members (excludes halogenated alkanes) is 2. The number of methoxy groups -OCH3 is 2. The lowest BCUT2D eigenvalue weighted by atomic mass is 10.3. The van der Waals surface area contributed by atoms with Gasteiger partial charge in [0.05, 0.1) is 25.6 Å². The van der Waals surface area contributed by atoms with E-state index in [2.05, 4.69) is 44.4 Å². The minimum absolute atomic E-state index is 0.209. The quantitative estimate of drug-likeness (QED) is 0.109. The molecule has 0 amide bonds. The Bertz CT molecular complexity index is 2520. The Kier molecular flexibility index (Phi) is 12.1. The van der Waals surface area contributed by atoms with Crippen molar-refractivity contribution in [3.63, 3.8) is 0 Å². The van der Waals surface area contributed by atoms with Crippen LogP contribution in [0.3, 0.4) is 0 Å². The van der Waals surface area contributed by atoms with Crippen LogP contribution in [0.15, 0.2) is 119 Å². The summed E-state index contributed by atoms with van der Waals surface area (Å²) < 4.78 is 28.4. The number of benzene rings is 4. The number of hydrogen-bond donors (Lipinski definition) is 0. The summed E-state index contributed by atoms with van der Waals surface area (Å²) in [5, 5.41) is 16.4. The van der Waals surface area contributed by atoms with Crippen LogP contribution in [-0.4, -0.2) is 63.3 Å². The van der Waals surface area contributed by atoms with Gasteiger partial charge in [0.1, 0.15) is 23.0 Å². The first-order valence-corrected chi connectivity index (χ1v) is 18.9. The van der Waals surface area contributed by atoms with Gasteiger partial charge in [-0.1, -0.05) is 73.5 Å². The van der Waals surface area contributed by atoms with Crippen molar-refractivity contribution in [2.45, 2.75) is 52.6 Å². The molecule has 16 nitrogen and oxygen atoms in total. The standard InChI is InChI=1S/2C21H21N5O3/c2*1-3-4-14-25-20(27)18-19(26(24-23-18)15-8-6-5-7-9-15)22-21(25)29-17-12-10-16(28-2)11-13-17/h2*5-13H,3-4,14H2,1-2H3. The van der Waals surface area contributed by atoms with Crippen LogP contribution in [0.5, 0.6) is 35.0 Å². The average molecular weight is 783 g/mol. The van der Waals surface area contributed by atoms with Crippen molar-refractivity contribution >= 4 is 22.3 Å². The smallest absolute Gasteiger partial charge is 0.306 e. The summed E-state index contributed by atoms with van der Waals surface area (Å²) in [6, 6.07) is 33.5. The maximum atomic E-state index is 13.1. The molecule has 0 saturated heterocycles. The normalized spacial score (nSPS) is 11.0. The Morgan fingerprint density at radius 3 is 1.21 bits per heavy atom. The van der Waals surface area contributed by atoms with Gasteiger partial charge in [-0.25, -0.2) is 0 Å². The molecule has 4 heterocycles. The second-order valence-electron chi connectivity index (χ2n) is 13.0. The van der Waals surface area contributed by atoms with Crippen LogP contribution in [0.4, 0.5) is 0 Å². The Hall–Kier alpha value is -7.36. The maximum Gasteiger partial charge on any atom is 0.306 e. The summed E-state index contributed by atoms with van der Waals surface area (Å²) in [4.78, 5) is 35.4. The van der Waals surface area contributed by atoms with E-state index in [4.69, 9.17) is 18.9 Å². The van der Waals surface area contributed by atoms with Crippen molar-refractivity contribution in [1.82, 2.24) is 49.1 Å². The lowest BCUT2D eigenvalue weighted by Crippen LogP contribution is -2.23. The molecule has 58 heavy (non-hydrogen) atoms. The van der Waals surface area contributed by atoms with E-state index < -0.39 is 0 Å². The zero-order chi connectivity index (χ0) is 40.4. The van der Waals surface area contributed by atoms with Crippen LogP contribution in [0, 0.1) is 0 Å². The maximum absolute atomic E-state index is 13.1. The molecule has 0 saturated carbocycles. The van der Waals surface area contributed by atoms with Crippen LogP contribution in [0.1, 0.15) is 39.5 Å². The first-order valence-electron chi connectivity index (χ1n) is 18.9. The Morgan fingerprint density at radius 1 is 0.500 bits per heavy atom. The fourth-order valence-corrected chi connectivity index (χ4v) is 5.93. The highest BCUT2D eigenvalue weighted by Gasteiger charge is 2.20. The molecule has 0 aliphatic rings. The average Bonchev–Trinajstić information content (AvgIpc) is 3.90. The van der Waals surface area contributed by atoms with Gasteiger partial charge < -0.3 is 18.9 Å². The Morgan fingerprint density at radius 2 is 0.862 bits per heavy atom. The van der Waals surface area contributed by atoms with Gasteiger partial charge in [-0.3, -0.25) is 18.7 Å². The minimum atomic E-state index is -0.269. The van der Waals surface area contributed by atoms with Crippen LogP contribution in [0.25, 0.3) is 33.7 Å². The molecular formula is C42H42N10O6. The highest BCUT2D eigenvalue weighted by atomic mass is 16.5. The predicted molar refractivity (Wildman–Crippen MR) is 218 cm³/mol. The predicted octanol–water partition coefficient (Wildman–Crippen LogP) is 7.16. The van der Waals surface area contributed by atoms with E-state index in [-0.39, 0.29) is 34.2 Å². The molecule has 296 valence electrons. The van der Waals surface area contributed by atoms with E-state index in [0.29, 0.717) is 35.9 Å². The molecule has 4 aromatic carbocycles. The molecule has 0 fully saturated rings. The molecule has 0 radical (unpaired) electrons. The van der Waals surface area contributed by atoms with E-state index >= 15 is 0 Å². The van der Waals surface area contributed by atoms with Crippen molar-refractivity contribution in [3.05, 3.63) is 130 Å². The number of hydrogen-bond acceptors (Lipinski definition) is 12. The summed E-state index contributed by atoms with van der Waals surface area (Å²) in [6.45, 7) is 5.10. The Balaban J connectivity index is 0.000000177. The molecule has 0 aliphatic heterocycles. The summed E-state index contributed by atoms with van der Waals surface area (Å²) in [6.07, 6.45) is 3.50. The summed E-state index contributed by atoms with van der Waals surface area (Å²) in [7, 11) is 3.21. The lowest BCUT2D eigenvalue weighted by molar-refractivity contribution is 0.391. The zero-order valence-corrected chi connectivity index (χ0v) is 32.6. The first-order chi connectivity index (χ1) is 28.4. The molecule has 0 aliphatic carbocycles. The SMILES string of the molecule is CCCCn1c(Oc2ccc(OC)cc2)nc2c(nnn2-c2ccccc2)c1=O.CCCCn1c(Oc2ccc(OC)cc2)nc2c(nnn2-c2ccccc2)c1=O. The summed E-state index contributed by atoms with van der Waals surface area (Å²) in [5.74, 6) is 2.55. The van der Waals surface area contributed by atoms with E-state index in [9.17, 15) is 9.59 Å². The van der Waals surface area contributed by atoms with Crippen LogP contribution >= 0.6 is 0 Å². The molecule has 0 bridgehead atoms. The minimum Gasteiger partial charge on any atom is -0.497 e. The summed E-state index contributed by atoms with van der Waals surface area (Å²) >= 11 is 0. The topological polar surface area (TPSA) is 168 Å². The molecule has 0 unspecified atom stereocenters. The monoisotopic (exact) mass is 782 g/mol. The van der Waals surface area contributed by atoms with E-state index in [1.807, 2.05) is 60.7 Å². The second kappa shape index (κ2) is 18.1.